The zero-order chi connectivity index (χ0) is 16.8. The first-order valence-corrected chi connectivity index (χ1v) is 7.87. The van der Waals surface area contributed by atoms with Crippen LogP contribution in [0, 0.1) is 5.82 Å². The SMILES string of the molecule is O=CN1CCN(c2nncc(NCCc3ccccc3F)n2)CC1. The number of hydrogen-bond acceptors (Lipinski definition) is 6. The van der Waals surface area contributed by atoms with Crippen molar-refractivity contribution in [3.8, 4) is 0 Å². The van der Waals surface area contributed by atoms with E-state index in [4.69, 9.17) is 0 Å². The zero-order valence-corrected chi connectivity index (χ0v) is 13.2. The van der Waals surface area contributed by atoms with Crippen LogP contribution in [0.2, 0.25) is 0 Å². The number of carbonyl (C=O) groups excluding carboxylic acids is 1. The quantitative estimate of drug-likeness (QED) is 0.795. The summed E-state index contributed by atoms with van der Waals surface area (Å²) in [6.45, 7) is 3.21. The second kappa shape index (κ2) is 7.67. The summed E-state index contributed by atoms with van der Waals surface area (Å²) in [5, 5.41) is 11.2. The van der Waals surface area contributed by atoms with Gasteiger partial charge < -0.3 is 15.1 Å². The summed E-state index contributed by atoms with van der Waals surface area (Å²) < 4.78 is 13.6. The van der Waals surface area contributed by atoms with Crippen LogP contribution in [0.4, 0.5) is 16.2 Å². The average Bonchev–Trinajstić information content (AvgIpc) is 2.64. The number of hydrogen-bond donors (Lipinski definition) is 1. The van der Waals surface area contributed by atoms with Gasteiger partial charge in [0.1, 0.15) is 5.82 Å². The predicted molar refractivity (Wildman–Crippen MR) is 88.3 cm³/mol. The molecule has 1 aliphatic heterocycles. The van der Waals surface area contributed by atoms with Crippen molar-refractivity contribution in [2.24, 2.45) is 0 Å². The molecule has 3 rings (SSSR count). The Kier molecular flexibility index (Phi) is 5.15. The van der Waals surface area contributed by atoms with Crippen LogP contribution >= 0.6 is 0 Å². The minimum Gasteiger partial charge on any atom is -0.368 e. The molecular formula is C16H19FN6O. The molecule has 1 amide bonds. The maximum atomic E-state index is 13.6. The van der Waals surface area contributed by atoms with E-state index in [1.54, 1.807) is 23.2 Å². The number of nitrogens with one attached hydrogen (secondary N) is 1. The minimum absolute atomic E-state index is 0.200. The maximum Gasteiger partial charge on any atom is 0.247 e. The number of benzene rings is 1. The molecular weight excluding hydrogens is 311 g/mol. The fourth-order valence-electron chi connectivity index (χ4n) is 2.57. The molecule has 0 atom stereocenters. The number of aromatic nitrogens is 3. The van der Waals surface area contributed by atoms with Crippen LogP contribution in [-0.4, -0.2) is 59.2 Å². The van der Waals surface area contributed by atoms with Gasteiger partial charge in [0.05, 0.1) is 6.20 Å². The Balaban J connectivity index is 1.56. The first-order chi connectivity index (χ1) is 11.8. The molecule has 1 saturated heterocycles. The third-order valence-electron chi connectivity index (χ3n) is 3.95. The highest BCUT2D eigenvalue weighted by molar-refractivity contribution is 5.48. The van der Waals surface area contributed by atoms with E-state index >= 15 is 0 Å². The predicted octanol–water partition coefficient (Wildman–Crippen LogP) is 0.944. The van der Waals surface area contributed by atoms with Gasteiger partial charge in [-0.15, -0.1) is 5.10 Å². The number of carbonyl (C=O) groups is 1. The van der Waals surface area contributed by atoms with Crippen LogP contribution in [0.5, 0.6) is 0 Å². The van der Waals surface area contributed by atoms with Gasteiger partial charge in [-0.2, -0.15) is 10.1 Å². The summed E-state index contributed by atoms with van der Waals surface area (Å²) in [4.78, 5) is 18.9. The summed E-state index contributed by atoms with van der Waals surface area (Å²) in [6.07, 6.45) is 2.97. The van der Waals surface area contributed by atoms with E-state index in [-0.39, 0.29) is 5.82 Å². The van der Waals surface area contributed by atoms with Crippen LogP contribution in [0.15, 0.2) is 30.5 Å². The van der Waals surface area contributed by atoms with Crippen LogP contribution in [0.25, 0.3) is 0 Å². The smallest absolute Gasteiger partial charge is 0.247 e. The molecule has 1 aromatic heterocycles. The largest absolute Gasteiger partial charge is 0.368 e. The summed E-state index contributed by atoms with van der Waals surface area (Å²) >= 11 is 0. The lowest BCUT2D eigenvalue weighted by atomic mass is 10.1. The molecule has 0 aliphatic carbocycles. The highest BCUT2D eigenvalue weighted by Crippen LogP contribution is 2.12. The Labute approximate surface area is 139 Å². The Morgan fingerprint density at radius 2 is 2.00 bits per heavy atom. The molecule has 0 saturated carbocycles. The van der Waals surface area contributed by atoms with Crippen molar-refractivity contribution in [1.82, 2.24) is 20.1 Å². The van der Waals surface area contributed by atoms with Crippen molar-refractivity contribution in [2.45, 2.75) is 6.42 Å². The monoisotopic (exact) mass is 330 g/mol. The average molecular weight is 330 g/mol. The second-order valence-corrected chi connectivity index (χ2v) is 5.54. The number of nitrogens with zero attached hydrogens (tertiary/aromatic N) is 5. The molecule has 1 aromatic carbocycles. The normalized spacial score (nSPS) is 14.5. The molecule has 7 nitrogen and oxygen atoms in total. The zero-order valence-electron chi connectivity index (χ0n) is 13.2. The lowest BCUT2D eigenvalue weighted by molar-refractivity contribution is -0.118. The van der Waals surface area contributed by atoms with Gasteiger partial charge in [-0.1, -0.05) is 18.2 Å². The highest BCUT2D eigenvalue weighted by atomic mass is 19.1. The van der Waals surface area contributed by atoms with E-state index in [9.17, 15) is 9.18 Å². The van der Waals surface area contributed by atoms with Crippen molar-refractivity contribution in [2.75, 3.05) is 42.9 Å². The Morgan fingerprint density at radius 1 is 1.21 bits per heavy atom. The van der Waals surface area contributed by atoms with Crippen LogP contribution in [0.3, 0.4) is 0 Å². The first-order valence-electron chi connectivity index (χ1n) is 7.87. The Morgan fingerprint density at radius 3 is 2.75 bits per heavy atom. The van der Waals surface area contributed by atoms with Crippen molar-refractivity contribution in [3.05, 3.63) is 41.8 Å². The van der Waals surface area contributed by atoms with Crippen LogP contribution in [0.1, 0.15) is 5.56 Å². The van der Waals surface area contributed by atoms with E-state index in [0.29, 0.717) is 56.5 Å². The minimum atomic E-state index is -0.200. The van der Waals surface area contributed by atoms with Crippen molar-refractivity contribution in [1.29, 1.82) is 0 Å². The van der Waals surface area contributed by atoms with Crippen LogP contribution in [-0.2, 0) is 11.2 Å². The summed E-state index contributed by atoms with van der Waals surface area (Å²) in [5.41, 5.74) is 0.664. The number of piperazine rings is 1. The van der Waals surface area contributed by atoms with Gasteiger partial charge in [0.2, 0.25) is 12.4 Å². The molecule has 0 bridgehead atoms. The summed E-state index contributed by atoms with van der Waals surface area (Å²) in [5.74, 6) is 0.944. The topological polar surface area (TPSA) is 74.2 Å². The van der Waals surface area contributed by atoms with Gasteiger partial charge in [0, 0.05) is 32.7 Å². The van der Waals surface area contributed by atoms with Crippen molar-refractivity contribution in [3.63, 3.8) is 0 Å². The molecule has 126 valence electrons. The molecule has 0 radical (unpaired) electrons. The first kappa shape index (κ1) is 16.1. The maximum absolute atomic E-state index is 13.6. The molecule has 0 unspecified atom stereocenters. The third kappa shape index (κ3) is 3.95. The van der Waals surface area contributed by atoms with Gasteiger partial charge in [0.15, 0.2) is 5.82 Å². The summed E-state index contributed by atoms with van der Waals surface area (Å²) in [6, 6.07) is 6.73. The third-order valence-corrected chi connectivity index (χ3v) is 3.95. The number of rotatable bonds is 6. The summed E-state index contributed by atoms with van der Waals surface area (Å²) in [7, 11) is 0. The molecule has 2 aromatic rings. The van der Waals surface area contributed by atoms with Crippen molar-refractivity contribution < 1.29 is 9.18 Å². The fraction of sp³-hybridized carbons (Fsp3) is 0.375. The molecule has 8 heteroatoms. The van der Waals surface area contributed by atoms with Gasteiger partial charge in [-0.25, -0.2) is 4.39 Å². The van der Waals surface area contributed by atoms with Crippen molar-refractivity contribution >= 4 is 18.2 Å². The van der Waals surface area contributed by atoms with Crippen LogP contribution < -0.4 is 10.2 Å². The standard InChI is InChI=1S/C16H19FN6O/c17-14-4-2-1-3-13(14)5-6-18-15-11-19-21-16(20-15)23-9-7-22(12-24)8-10-23/h1-4,11-12H,5-10H2,(H,18,20,21). The molecule has 1 aliphatic rings. The molecule has 1 fully saturated rings. The molecule has 0 spiro atoms. The lowest BCUT2D eigenvalue weighted by Crippen LogP contribution is -2.46. The van der Waals surface area contributed by atoms with E-state index in [0.717, 1.165) is 6.41 Å². The van der Waals surface area contributed by atoms with E-state index in [1.807, 2.05) is 11.0 Å². The van der Waals surface area contributed by atoms with Gasteiger partial charge >= 0.3 is 0 Å². The molecule has 2 heterocycles. The molecule has 24 heavy (non-hydrogen) atoms. The number of anilines is 2. The van der Waals surface area contributed by atoms with E-state index in [2.05, 4.69) is 20.5 Å². The highest BCUT2D eigenvalue weighted by Gasteiger charge is 2.18. The van der Waals surface area contributed by atoms with Gasteiger partial charge in [0.25, 0.3) is 0 Å². The Bertz CT molecular complexity index is 690. The number of halogens is 1. The van der Waals surface area contributed by atoms with E-state index < -0.39 is 0 Å². The Hall–Kier alpha value is -2.77. The molecule has 1 N–H and O–H groups in total. The number of amides is 1. The van der Waals surface area contributed by atoms with Gasteiger partial charge in [-0.05, 0) is 18.1 Å². The second-order valence-electron chi connectivity index (χ2n) is 5.54. The van der Waals surface area contributed by atoms with E-state index in [1.165, 1.54) is 6.07 Å². The van der Waals surface area contributed by atoms with Gasteiger partial charge in [-0.3, -0.25) is 4.79 Å². The fourth-order valence-corrected chi connectivity index (χ4v) is 2.57. The lowest BCUT2D eigenvalue weighted by Gasteiger charge is -2.32.